The summed E-state index contributed by atoms with van der Waals surface area (Å²) in [6, 6.07) is 20.2. The number of carbonyl (C=O) groups excluding carboxylic acids is 3. The Kier molecular flexibility index (Phi) is 7.41. The van der Waals surface area contributed by atoms with Gasteiger partial charge in [0.2, 0.25) is 11.8 Å². The molecule has 0 aliphatic carbocycles. The van der Waals surface area contributed by atoms with Crippen molar-refractivity contribution in [2.45, 2.75) is 32.1 Å². The number of hydrogen-bond acceptors (Lipinski definition) is 5. The predicted molar refractivity (Wildman–Crippen MR) is 136 cm³/mol. The maximum absolute atomic E-state index is 13.4. The van der Waals surface area contributed by atoms with Crippen molar-refractivity contribution in [1.29, 1.82) is 0 Å². The van der Waals surface area contributed by atoms with Gasteiger partial charge in [0, 0.05) is 17.7 Å². The quantitative estimate of drug-likeness (QED) is 0.445. The van der Waals surface area contributed by atoms with Gasteiger partial charge in [-0.25, -0.2) is 9.38 Å². The lowest BCUT2D eigenvalue weighted by Crippen LogP contribution is -2.33. The smallest absolute Gasteiger partial charge is 0.242 e. The Morgan fingerprint density at radius 1 is 1.00 bits per heavy atom. The topological polar surface area (TPSA) is 78.8 Å². The summed E-state index contributed by atoms with van der Waals surface area (Å²) in [6.45, 7) is 3.68. The van der Waals surface area contributed by atoms with Crippen LogP contribution in [0, 0.1) is 12.7 Å². The summed E-state index contributed by atoms with van der Waals surface area (Å²) in [5.41, 5.74) is 3.65. The molecule has 0 spiro atoms. The van der Waals surface area contributed by atoms with Gasteiger partial charge in [0.15, 0.2) is 11.0 Å². The number of aryl methyl sites for hydroxylation is 1. The predicted octanol–water partition coefficient (Wildman–Crippen LogP) is 5.50. The van der Waals surface area contributed by atoms with Crippen molar-refractivity contribution in [1.82, 2.24) is 4.90 Å². The van der Waals surface area contributed by atoms with E-state index in [2.05, 4.69) is 10.3 Å². The molecule has 2 amide bonds. The number of thioether (sulfide) groups is 1. The third kappa shape index (κ3) is 6.22. The molecule has 35 heavy (non-hydrogen) atoms. The molecule has 3 aromatic rings. The van der Waals surface area contributed by atoms with Gasteiger partial charge in [0.25, 0.3) is 0 Å². The highest BCUT2D eigenvalue weighted by Gasteiger charge is 2.39. The molecule has 0 aromatic heterocycles. The molecule has 1 unspecified atom stereocenters. The standard InChI is InChI=1S/C27H24FN3O3S/c1-17-3-11-23(12-4-17)30-27-31(16-19-5-9-21(28)10-6-19)26(34)24(35-27)15-25(33)29-22-13-7-20(8-14-22)18(2)32/h3-14,24H,15-16H2,1-2H3,(H,29,33). The summed E-state index contributed by atoms with van der Waals surface area (Å²) in [6.07, 6.45) is -0.0369. The molecule has 1 fully saturated rings. The first-order valence-corrected chi connectivity index (χ1v) is 11.9. The summed E-state index contributed by atoms with van der Waals surface area (Å²) in [4.78, 5) is 43.6. The van der Waals surface area contributed by atoms with E-state index in [1.54, 1.807) is 36.4 Å². The highest BCUT2D eigenvalue weighted by molar-refractivity contribution is 8.15. The summed E-state index contributed by atoms with van der Waals surface area (Å²) >= 11 is 1.24. The maximum Gasteiger partial charge on any atom is 0.242 e. The van der Waals surface area contributed by atoms with Crippen LogP contribution in [-0.4, -0.2) is 32.9 Å². The van der Waals surface area contributed by atoms with Crippen LogP contribution >= 0.6 is 11.8 Å². The number of Topliss-reactive ketones (excluding diaryl/α,β-unsaturated/α-hetero) is 1. The van der Waals surface area contributed by atoms with Gasteiger partial charge in [-0.05, 0) is 67.9 Å². The van der Waals surface area contributed by atoms with Crippen molar-refractivity contribution >= 4 is 45.9 Å². The van der Waals surface area contributed by atoms with Crippen LogP contribution in [-0.2, 0) is 16.1 Å². The molecule has 0 bridgehead atoms. The molecule has 4 rings (SSSR count). The molecular formula is C27H24FN3O3S. The Morgan fingerprint density at radius 2 is 1.66 bits per heavy atom. The Balaban J connectivity index is 1.51. The van der Waals surface area contributed by atoms with Crippen molar-refractivity contribution in [3.05, 3.63) is 95.3 Å². The van der Waals surface area contributed by atoms with Crippen LogP contribution in [0.5, 0.6) is 0 Å². The number of nitrogens with zero attached hydrogens (tertiary/aromatic N) is 2. The summed E-state index contributed by atoms with van der Waals surface area (Å²) in [5.74, 6) is -0.954. The second-order valence-corrected chi connectivity index (χ2v) is 9.44. The zero-order valence-electron chi connectivity index (χ0n) is 19.3. The average molecular weight is 490 g/mol. The number of amides is 2. The minimum absolute atomic E-state index is 0.0369. The zero-order valence-corrected chi connectivity index (χ0v) is 20.1. The molecule has 1 aliphatic rings. The number of ketones is 1. The Bertz CT molecular complexity index is 1270. The van der Waals surface area contributed by atoms with Gasteiger partial charge in [-0.15, -0.1) is 0 Å². The average Bonchev–Trinajstić information content (AvgIpc) is 3.11. The molecule has 1 atom stereocenters. The van der Waals surface area contributed by atoms with Crippen LogP contribution < -0.4 is 5.32 Å². The lowest BCUT2D eigenvalue weighted by molar-refractivity contribution is -0.128. The van der Waals surface area contributed by atoms with E-state index in [0.717, 1.165) is 11.1 Å². The fraction of sp³-hybridized carbons (Fsp3) is 0.185. The van der Waals surface area contributed by atoms with E-state index in [4.69, 9.17) is 0 Å². The molecule has 0 radical (unpaired) electrons. The molecule has 178 valence electrons. The molecule has 1 saturated heterocycles. The van der Waals surface area contributed by atoms with E-state index < -0.39 is 5.25 Å². The van der Waals surface area contributed by atoms with Gasteiger partial charge < -0.3 is 5.32 Å². The van der Waals surface area contributed by atoms with Crippen LogP contribution in [0.2, 0.25) is 0 Å². The molecule has 1 N–H and O–H groups in total. The normalized spacial score (nSPS) is 16.5. The first-order valence-electron chi connectivity index (χ1n) is 11.1. The molecule has 1 aliphatic heterocycles. The first-order chi connectivity index (χ1) is 16.8. The van der Waals surface area contributed by atoms with Crippen molar-refractivity contribution in [3.8, 4) is 0 Å². The number of benzene rings is 3. The number of halogens is 1. The molecular weight excluding hydrogens is 465 g/mol. The van der Waals surface area contributed by atoms with E-state index in [-0.39, 0.29) is 36.4 Å². The van der Waals surface area contributed by atoms with Crippen molar-refractivity contribution in [2.75, 3.05) is 5.32 Å². The molecule has 0 saturated carbocycles. The fourth-order valence-corrected chi connectivity index (χ4v) is 4.70. The minimum Gasteiger partial charge on any atom is -0.326 e. The van der Waals surface area contributed by atoms with Gasteiger partial charge in [0.05, 0.1) is 12.2 Å². The molecule has 1 heterocycles. The number of anilines is 1. The van der Waals surface area contributed by atoms with Crippen LogP contribution in [0.15, 0.2) is 77.8 Å². The highest BCUT2D eigenvalue weighted by Crippen LogP contribution is 2.33. The SMILES string of the molecule is CC(=O)c1ccc(NC(=O)CC2SC(=Nc3ccc(C)cc3)N(Cc3ccc(F)cc3)C2=O)cc1. The number of carbonyl (C=O) groups is 3. The van der Waals surface area contributed by atoms with Crippen LogP contribution in [0.3, 0.4) is 0 Å². The maximum atomic E-state index is 13.4. The van der Waals surface area contributed by atoms with E-state index in [1.165, 1.54) is 35.7 Å². The number of aliphatic imine (C=N–C) groups is 1. The highest BCUT2D eigenvalue weighted by atomic mass is 32.2. The van der Waals surface area contributed by atoms with Gasteiger partial charge >= 0.3 is 0 Å². The third-order valence-corrected chi connectivity index (χ3v) is 6.65. The molecule has 8 heteroatoms. The number of hydrogen-bond donors (Lipinski definition) is 1. The zero-order chi connectivity index (χ0) is 24.9. The van der Waals surface area contributed by atoms with Crippen molar-refractivity contribution in [2.24, 2.45) is 4.99 Å². The Hall–Kier alpha value is -3.78. The van der Waals surface area contributed by atoms with Crippen LogP contribution in [0.25, 0.3) is 0 Å². The van der Waals surface area contributed by atoms with Crippen molar-refractivity contribution in [3.63, 3.8) is 0 Å². The third-order valence-electron chi connectivity index (χ3n) is 5.48. The Morgan fingerprint density at radius 3 is 2.29 bits per heavy atom. The molecule has 3 aromatic carbocycles. The van der Waals surface area contributed by atoms with Gasteiger partial charge in [0.1, 0.15) is 11.1 Å². The van der Waals surface area contributed by atoms with Gasteiger partial charge in [-0.2, -0.15) is 0 Å². The van der Waals surface area contributed by atoms with Crippen LogP contribution in [0.1, 0.15) is 34.8 Å². The minimum atomic E-state index is -0.642. The van der Waals surface area contributed by atoms with Crippen LogP contribution in [0.4, 0.5) is 15.8 Å². The Labute approximate surface area is 207 Å². The number of amidine groups is 1. The largest absolute Gasteiger partial charge is 0.326 e. The second-order valence-electron chi connectivity index (χ2n) is 8.27. The van der Waals surface area contributed by atoms with E-state index in [1.807, 2.05) is 31.2 Å². The van der Waals surface area contributed by atoms with E-state index in [0.29, 0.717) is 22.1 Å². The number of nitrogens with one attached hydrogen (secondary N) is 1. The second kappa shape index (κ2) is 10.7. The number of rotatable bonds is 7. The van der Waals surface area contributed by atoms with E-state index >= 15 is 0 Å². The lowest BCUT2D eigenvalue weighted by atomic mass is 10.1. The summed E-state index contributed by atoms with van der Waals surface area (Å²) in [7, 11) is 0. The summed E-state index contributed by atoms with van der Waals surface area (Å²) < 4.78 is 13.4. The van der Waals surface area contributed by atoms with Gasteiger partial charge in [-0.3, -0.25) is 19.3 Å². The first kappa shape index (κ1) is 24.3. The monoisotopic (exact) mass is 489 g/mol. The van der Waals surface area contributed by atoms with Gasteiger partial charge in [-0.1, -0.05) is 41.6 Å². The lowest BCUT2D eigenvalue weighted by Gasteiger charge is -2.16. The molecule has 6 nitrogen and oxygen atoms in total. The van der Waals surface area contributed by atoms with E-state index in [9.17, 15) is 18.8 Å². The van der Waals surface area contributed by atoms with Crippen molar-refractivity contribution < 1.29 is 18.8 Å². The fourth-order valence-electron chi connectivity index (χ4n) is 3.54. The summed E-state index contributed by atoms with van der Waals surface area (Å²) in [5, 5.41) is 2.63.